The molecule has 9 nitrogen and oxygen atoms in total. The number of phenols is 1. The molecule has 2 aromatic carbocycles. The van der Waals surface area contributed by atoms with Crippen LogP contribution in [0.2, 0.25) is 0 Å². The van der Waals surface area contributed by atoms with Crippen molar-refractivity contribution in [3.05, 3.63) is 69.4 Å². The van der Waals surface area contributed by atoms with Gasteiger partial charge in [0.1, 0.15) is 5.75 Å². The number of allylic oxidation sites excluding steroid dienone is 1. The van der Waals surface area contributed by atoms with Gasteiger partial charge in [0.2, 0.25) is 0 Å². The molecule has 1 heterocycles. The number of phenolic OH excluding ortho intramolecular Hbond substituents is 1. The minimum absolute atomic E-state index is 0.275. The summed E-state index contributed by atoms with van der Waals surface area (Å²) >= 11 is 5.19. The maximum atomic E-state index is 13.1. The molecule has 0 saturated heterocycles. The highest BCUT2D eigenvalue weighted by molar-refractivity contribution is 7.80. The van der Waals surface area contributed by atoms with E-state index in [4.69, 9.17) is 17.0 Å². The monoisotopic (exact) mass is 414 g/mol. The maximum absolute atomic E-state index is 13.1. The fraction of sp³-hybridized carbons (Fsp3) is 0.158. The van der Waals surface area contributed by atoms with E-state index in [1.54, 1.807) is 31.2 Å². The van der Waals surface area contributed by atoms with Crippen molar-refractivity contribution in [2.75, 3.05) is 12.4 Å². The van der Waals surface area contributed by atoms with E-state index in [9.17, 15) is 20.0 Å². The molecule has 0 spiro atoms. The third-order valence-corrected chi connectivity index (χ3v) is 4.62. The van der Waals surface area contributed by atoms with Crippen LogP contribution in [0.3, 0.4) is 0 Å². The van der Waals surface area contributed by atoms with Crippen molar-refractivity contribution >= 4 is 34.6 Å². The fourth-order valence-electron chi connectivity index (χ4n) is 3.05. The number of nitro groups is 1. The zero-order valence-corrected chi connectivity index (χ0v) is 16.4. The Morgan fingerprint density at radius 2 is 2.03 bits per heavy atom. The van der Waals surface area contributed by atoms with Crippen LogP contribution in [0.1, 0.15) is 18.5 Å². The molecule has 1 atom stereocenters. The average molecular weight is 414 g/mol. The Hall–Kier alpha value is -3.66. The lowest BCUT2D eigenvalue weighted by atomic mass is 9.94. The average Bonchev–Trinajstić information content (AvgIpc) is 2.67. The molecule has 0 radical (unpaired) electrons. The van der Waals surface area contributed by atoms with Gasteiger partial charge in [-0.3, -0.25) is 14.9 Å². The predicted octanol–water partition coefficient (Wildman–Crippen LogP) is 2.74. The third kappa shape index (κ3) is 4.11. The van der Waals surface area contributed by atoms with Gasteiger partial charge >= 0.3 is 5.69 Å². The summed E-state index contributed by atoms with van der Waals surface area (Å²) in [6, 6.07) is 10.1. The summed E-state index contributed by atoms with van der Waals surface area (Å²) in [5.74, 6) is -0.408. The topological polar surface area (TPSA) is 126 Å². The highest BCUT2D eigenvalue weighted by atomic mass is 32.1. The van der Waals surface area contributed by atoms with Crippen LogP contribution in [-0.4, -0.2) is 28.2 Å². The van der Waals surface area contributed by atoms with Gasteiger partial charge in [-0.1, -0.05) is 18.2 Å². The smallest absolute Gasteiger partial charge is 0.311 e. The molecule has 4 N–H and O–H groups in total. The van der Waals surface area contributed by atoms with Crippen molar-refractivity contribution in [2.24, 2.45) is 0 Å². The van der Waals surface area contributed by atoms with E-state index in [-0.39, 0.29) is 5.11 Å². The highest BCUT2D eigenvalue weighted by Gasteiger charge is 2.31. The highest BCUT2D eigenvalue weighted by Crippen LogP contribution is 2.34. The summed E-state index contributed by atoms with van der Waals surface area (Å²) in [5, 5.41) is 29.9. The Balaban J connectivity index is 2.01. The molecule has 1 aliphatic rings. The molecule has 0 aromatic heterocycles. The standard InChI is InChI=1S/C19H18N4O5S/c1-10-16(18(25)21-12-5-3-4-6-15(12)28-2)17(22-19(29)20-10)11-7-8-14(24)13(9-11)23(26)27/h3-9,17,24H,1-2H3,(H,21,25)(H2,20,22,29)/t17-/m0/s1. The van der Waals surface area contributed by atoms with Crippen molar-refractivity contribution in [3.63, 3.8) is 0 Å². The van der Waals surface area contributed by atoms with Gasteiger partial charge in [0.15, 0.2) is 10.9 Å². The number of carbonyl (C=O) groups is 1. The number of nitrogens with zero attached hydrogens (tertiary/aromatic N) is 1. The van der Waals surface area contributed by atoms with Crippen LogP contribution < -0.4 is 20.7 Å². The van der Waals surface area contributed by atoms with Gasteiger partial charge < -0.3 is 25.8 Å². The molecule has 2 aromatic rings. The lowest BCUT2D eigenvalue weighted by Crippen LogP contribution is -2.45. The largest absolute Gasteiger partial charge is 0.502 e. The minimum Gasteiger partial charge on any atom is -0.502 e. The number of anilines is 1. The number of hydrogen-bond donors (Lipinski definition) is 4. The molecule has 0 unspecified atom stereocenters. The number of para-hydroxylation sites is 2. The summed E-state index contributed by atoms with van der Waals surface area (Å²) in [6.45, 7) is 1.69. The van der Waals surface area contributed by atoms with Gasteiger partial charge in [-0.25, -0.2) is 0 Å². The second kappa shape index (κ2) is 8.15. The number of hydrogen-bond acceptors (Lipinski definition) is 6. The number of ether oxygens (including phenoxy) is 1. The summed E-state index contributed by atoms with van der Waals surface area (Å²) in [4.78, 5) is 23.6. The SMILES string of the molecule is COc1ccccc1NC(=O)C1=C(C)NC(=S)N[C@H]1c1ccc(O)c([N+](=O)[O-])c1. The molecule has 150 valence electrons. The van der Waals surface area contributed by atoms with E-state index in [0.29, 0.717) is 28.3 Å². The van der Waals surface area contributed by atoms with Gasteiger partial charge in [-0.15, -0.1) is 0 Å². The van der Waals surface area contributed by atoms with Crippen molar-refractivity contribution in [2.45, 2.75) is 13.0 Å². The number of methoxy groups -OCH3 is 1. The van der Waals surface area contributed by atoms with Crippen molar-refractivity contribution in [3.8, 4) is 11.5 Å². The molecule has 0 bridgehead atoms. The van der Waals surface area contributed by atoms with E-state index in [1.807, 2.05) is 0 Å². The number of carbonyl (C=O) groups excluding carboxylic acids is 1. The molecule has 1 amide bonds. The zero-order chi connectivity index (χ0) is 21.1. The molecule has 3 rings (SSSR count). The summed E-state index contributed by atoms with van der Waals surface area (Å²) in [6.07, 6.45) is 0. The van der Waals surface area contributed by atoms with Crippen LogP contribution in [0.5, 0.6) is 11.5 Å². The van der Waals surface area contributed by atoms with Gasteiger partial charge in [-0.2, -0.15) is 0 Å². The first kappa shape index (κ1) is 20.1. The summed E-state index contributed by atoms with van der Waals surface area (Å²) < 4.78 is 5.26. The van der Waals surface area contributed by atoms with Crippen LogP contribution in [0.25, 0.3) is 0 Å². The second-order valence-electron chi connectivity index (χ2n) is 6.23. The Kier molecular flexibility index (Phi) is 5.64. The first-order valence-corrected chi connectivity index (χ1v) is 8.92. The van der Waals surface area contributed by atoms with Crippen LogP contribution >= 0.6 is 12.2 Å². The molecule has 0 aliphatic carbocycles. The normalized spacial score (nSPS) is 15.9. The second-order valence-corrected chi connectivity index (χ2v) is 6.64. The Morgan fingerprint density at radius 1 is 1.31 bits per heavy atom. The van der Waals surface area contributed by atoms with Crippen LogP contribution in [0.15, 0.2) is 53.7 Å². The molecule has 0 saturated carbocycles. The first-order valence-electron chi connectivity index (χ1n) is 8.51. The zero-order valence-electron chi connectivity index (χ0n) is 15.6. The van der Waals surface area contributed by atoms with E-state index in [2.05, 4.69) is 16.0 Å². The number of nitro benzene ring substituents is 1. The van der Waals surface area contributed by atoms with E-state index >= 15 is 0 Å². The number of aromatic hydroxyl groups is 1. The fourth-order valence-corrected chi connectivity index (χ4v) is 3.32. The third-order valence-electron chi connectivity index (χ3n) is 4.40. The lowest BCUT2D eigenvalue weighted by molar-refractivity contribution is -0.385. The van der Waals surface area contributed by atoms with Gasteiger partial charge in [0.25, 0.3) is 5.91 Å². The van der Waals surface area contributed by atoms with E-state index < -0.39 is 28.3 Å². The number of rotatable bonds is 5. The molecule has 1 aliphatic heterocycles. The lowest BCUT2D eigenvalue weighted by Gasteiger charge is -2.30. The summed E-state index contributed by atoms with van der Waals surface area (Å²) in [5.41, 5.74) is 1.22. The van der Waals surface area contributed by atoms with Crippen molar-refractivity contribution in [1.29, 1.82) is 0 Å². The van der Waals surface area contributed by atoms with E-state index in [0.717, 1.165) is 0 Å². The first-order chi connectivity index (χ1) is 13.8. The van der Waals surface area contributed by atoms with Crippen LogP contribution in [0, 0.1) is 10.1 Å². The van der Waals surface area contributed by atoms with Crippen LogP contribution in [0.4, 0.5) is 11.4 Å². The Labute approximate surface area is 171 Å². The van der Waals surface area contributed by atoms with E-state index in [1.165, 1.54) is 25.3 Å². The minimum atomic E-state index is -0.752. The summed E-state index contributed by atoms with van der Waals surface area (Å²) in [7, 11) is 1.50. The van der Waals surface area contributed by atoms with Gasteiger partial charge in [0.05, 0.1) is 29.3 Å². The maximum Gasteiger partial charge on any atom is 0.311 e. The Morgan fingerprint density at radius 3 is 2.72 bits per heavy atom. The quantitative estimate of drug-likeness (QED) is 0.334. The molecule has 10 heteroatoms. The Bertz CT molecular complexity index is 1040. The van der Waals surface area contributed by atoms with Crippen LogP contribution in [-0.2, 0) is 4.79 Å². The van der Waals surface area contributed by atoms with Gasteiger partial charge in [0, 0.05) is 11.8 Å². The van der Waals surface area contributed by atoms with Gasteiger partial charge in [-0.05, 0) is 42.9 Å². The number of amides is 1. The predicted molar refractivity (Wildman–Crippen MR) is 111 cm³/mol. The number of benzene rings is 2. The van der Waals surface area contributed by atoms with Crippen molar-refractivity contribution in [1.82, 2.24) is 10.6 Å². The number of thiocarbonyl (C=S) groups is 1. The molecule has 29 heavy (non-hydrogen) atoms. The molecular formula is C19H18N4O5S. The van der Waals surface area contributed by atoms with Crippen molar-refractivity contribution < 1.29 is 19.6 Å². The molecular weight excluding hydrogens is 396 g/mol. The molecule has 0 fully saturated rings. The number of nitrogens with one attached hydrogen (secondary N) is 3.